The summed E-state index contributed by atoms with van der Waals surface area (Å²) in [5.74, 6) is -1.16. The number of primary amides is 1. The maximum Gasteiger partial charge on any atom is 0.258 e. The number of rotatable bonds is 2. The van der Waals surface area contributed by atoms with Crippen molar-refractivity contribution in [2.24, 2.45) is 5.73 Å². The van der Waals surface area contributed by atoms with Crippen molar-refractivity contribution in [2.75, 3.05) is 5.73 Å². The van der Waals surface area contributed by atoms with Crippen LogP contribution in [-0.4, -0.2) is 5.91 Å². The summed E-state index contributed by atoms with van der Waals surface area (Å²) >= 11 is 0. The van der Waals surface area contributed by atoms with E-state index in [-0.39, 0.29) is 16.8 Å². The second-order valence-electron chi connectivity index (χ2n) is 4.58. The van der Waals surface area contributed by atoms with Gasteiger partial charge in [0.15, 0.2) is 0 Å². The standard InChI is InChI=1S/C16H12N2O3/c17-15(20)12-13(19)11-8-4-7-10(14(11)21-16(12)18)9-5-2-1-3-6-9/h1-8H,18H2,(H2,17,20). The van der Waals surface area contributed by atoms with Gasteiger partial charge in [0.05, 0.1) is 5.39 Å². The summed E-state index contributed by atoms with van der Waals surface area (Å²) in [7, 11) is 0. The maximum absolute atomic E-state index is 12.3. The number of carbonyl (C=O) groups excluding carboxylic acids is 1. The van der Waals surface area contributed by atoms with Gasteiger partial charge in [0.25, 0.3) is 5.91 Å². The molecule has 0 atom stereocenters. The molecule has 3 aromatic rings. The molecule has 5 heteroatoms. The molecule has 2 aromatic carbocycles. The van der Waals surface area contributed by atoms with E-state index in [1.807, 2.05) is 36.4 Å². The van der Waals surface area contributed by atoms with E-state index in [1.54, 1.807) is 12.1 Å². The number of para-hydroxylation sites is 1. The minimum absolute atomic E-state index is 0.261. The Hall–Kier alpha value is -3.08. The Morgan fingerprint density at radius 1 is 1.00 bits per heavy atom. The van der Waals surface area contributed by atoms with E-state index in [0.29, 0.717) is 5.58 Å². The third-order valence-electron chi connectivity index (χ3n) is 3.28. The second kappa shape index (κ2) is 4.79. The van der Waals surface area contributed by atoms with Gasteiger partial charge in [-0.2, -0.15) is 0 Å². The predicted molar refractivity (Wildman–Crippen MR) is 80.9 cm³/mol. The Bertz CT molecular complexity index is 899. The summed E-state index contributed by atoms with van der Waals surface area (Å²) < 4.78 is 5.50. The zero-order valence-corrected chi connectivity index (χ0v) is 11.0. The van der Waals surface area contributed by atoms with Crippen LogP contribution in [0.25, 0.3) is 22.1 Å². The highest BCUT2D eigenvalue weighted by Crippen LogP contribution is 2.29. The maximum atomic E-state index is 12.3. The van der Waals surface area contributed by atoms with Gasteiger partial charge in [-0.1, -0.05) is 42.5 Å². The number of hydrogen-bond acceptors (Lipinski definition) is 4. The zero-order chi connectivity index (χ0) is 15.0. The van der Waals surface area contributed by atoms with Crippen molar-refractivity contribution in [3.63, 3.8) is 0 Å². The molecule has 0 saturated heterocycles. The largest absolute Gasteiger partial charge is 0.439 e. The Balaban J connectivity index is 2.41. The van der Waals surface area contributed by atoms with E-state index in [2.05, 4.69) is 0 Å². The van der Waals surface area contributed by atoms with Crippen molar-refractivity contribution in [3.05, 3.63) is 64.3 Å². The van der Waals surface area contributed by atoms with Crippen LogP contribution in [0.3, 0.4) is 0 Å². The van der Waals surface area contributed by atoms with Crippen LogP contribution in [0.5, 0.6) is 0 Å². The van der Waals surface area contributed by atoms with Crippen molar-refractivity contribution < 1.29 is 9.21 Å². The Morgan fingerprint density at radius 3 is 2.38 bits per heavy atom. The number of nitrogens with two attached hydrogens (primary N) is 2. The average Bonchev–Trinajstić information content (AvgIpc) is 2.47. The highest BCUT2D eigenvalue weighted by Gasteiger charge is 2.18. The van der Waals surface area contributed by atoms with Crippen molar-refractivity contribution in [1.82, 2.24) is 0 Å². The van der Waals surface area contributed by atoms with Crippen molar-refractivity contribution >= 4 is 22.8 Å². The summed E-state index contributed by atoms with van der Waals surface area (Å²) in [6.07, 6.45) is 0. The lowest BCUT2D eigenvalue weighted by atomic mass is 10.0. The molecule has 0 saturated carbocycles. The number of nitrogen functional groups attached to an aromatic ring is 1. The molecule has 0 aliphatic rings. The summed E-state index contributed by atoms with van der Waals surface area (Å²) in [5, 5.41) is 0.277. The van der Waals surface area contributed by atoms with Crippen molar-refractivity contribution in [2.45, 2.75) is 0 Å². The molecule has 104 valence electrons. The highest BCUT2D eigenvalue weighted by atomic mass is 16.3. The second-order valence-corrected chi connectivity index (χ2v) is 4.58. The molecule has 1 heterocycles. The smallest absolute Gasteiger partial charge is 0.258 e. The topological polar surface area (TPSA) is 99.3 Å². The van der Waals surface area contributed by atoms with Crippen molar-refractivity contribution in [1.29, 1.82) is 0 Å². The van der Waals surface area contributed by atoms with E-state index >= 15 is 0 Å². The van der Waals surface area contributed by atoms with Gasteiger partial charge in [-0.3, -0.25) is 9.59 Å². The summed E-state index contributed by atoms with van der Waals surface area (Å²) in [6.45, 7) is 0. The van der Waals surface area contributed by atoms with Crippen LogP contribution in [-0.2, 0) is 0 Å². The molecule has 5 nitrogen and oxygen atoms in total. The number of hydrogen-bond donors (Lipinski definition) is 2. The number of anilines is 1. The first-order chi connectivity index (χ1) is 10.1. The summed E-state index contributed by atoms with van der Waals surface area (Å²) in [4.78, 5) is 23.7. The minimum Gasteiger partial charge on any atom is -0.439 e. The first-order valence-corrected chi connectivity index (χ1v) is 6.30. The highest BCUT2D eigenvalue weighted by molar-refractivity contribution is 6.02. The fourth-order valence-electron chi connectivity index (χ4n) is 2.31. The monoisotopic (exact) mass is 280 g/mol. The Labute approximate surface area is 119 Å². The van der Waals surface area contributed by atoms with E-state index in [0.717, 1.165) is 11.1 Å². The molecule has 1 aromatic heterocycles. The first kappa shape index (κ1) is 12.9. The lowest BCUT2D eigenvalue weighted by molar-refractivity contribution is 0.0999. The molecule has 0 aliphatic heterocycles. The SMILES string of the molecule is NC(=O)c1c(N)oc2c(-c3ccccc3)cccc2c1=O. The van der Waals surface area contributed by atoms with Gasteiger partial charge < -0.3 is 15.9 Å². The number of carbonyl (C=O) groups is 1. The molecule has 4 N–H and O–H groups in total. The van der Waals surface area contributed by atoms with Crippen molar-refractivity contribution in [3.8, 4) is 11.1 Å². The molecule has 1 amide bonds. The van der Waals surface area contributed by atoms with Crippen LogP contribution >= 0.6 is 0 Å². The Kier molecular flexibility index (Phi) is 2.95. The fraction of sp³-hybridized carbons (Fsp3) is 0. The molecule has 0 unspecified atom stereocenters. The Morgan fingerprint density at radius 2 is 1.71 bits per heavy atom. The van der Waals surface area contributed by atoms with Crippen LogP contribution in [0.1, 0.15) is 10.4 Å². The fourth-order valence-corrected chi connectivity index (χ4v) is 2.31. The molecule has 0 fully saturated rings. The normalized spacial score (nSPS) is 10.7. The number of fused-ring (bicyclic) bond motifs is 1. The molecule has 0 aliphatic carbocycles. The van der Waals surface area contributed by atoms with Gasteiger partial charge in [-0.15, -0.1) is 0 Å². The molecule has 21 heavy (non-hydrogen) atoms. The molecule has 0 bridgehead atoms. The lowest BCUT2D eigenvalue weighted by Crippen LogP contribution is -2.23. The van der Waals surface area contributed by atoms with E-state index in [9.17, 15) is 9.59 Å². The van der Waals surface area contributed by atoms with E-state index in [1.165, 1.54) is 0 Å². The van der Waals surface area contributed by atoms with E-state index < -0.39 is 11.3 Å². The molecule has 0 radical (unpaired) electrons. The predicted octanol–water partition coefficient (Wildman–Crippen LogP) is 2.14. The molecular formula is C16H12N2O3. The van der Waals surface area contributed by atoms with Crippen LogP contribution in [0.4, 0.5) is 5.88 Å². The van der Waals surface area contributed by atoms with Crippen LogP contribution in [0, 0.1) is 0 Å². The van der Waals surface area contributed by atoms with Crippen LogP contribution in [0.15, 0.2) is 57.7 Å². The van der Waals surface area contributed by atoms with Crippen LogP contribution < -0.4 is 16.9 Å². The van der Waals surface area contributed by atoms with E-state index in [4.69, 9.17) is 15.9 Å². The van der Waals surface area contributed by atoms with Gasteiger partial charge in [-0.05, 0) is 11.6 Å². The lowest BCUT2D eigenvalue weighted by Gasteiger charge is -2.08. The minimum atomic E-state index is -0.895. The summed E-state index contributed by atoms with van der Waals surface area (Å²) in [6, 6.07) is 14.6. The van der Waals surface area contributed by atoms with Gasteiger partial charge in [0, 0.05) is 5.56 Å². The zero-order valence-electron chi connectivity index (χ0n) is 11.0. The third kappa shape index (κ3) is 2.04. The van der Waals surface area contributed by atoms with Gasteiger partial charge >= 0.3 is 0 Å². The molecule has 0 spiro atoms. The first-order valence-electron chi connectivity index (χ1n) is 6.30. The third-order valence-corrected chi connectivity index (χ3v) is 3.28. The summed E-state index contributed by atoms with van der Waals surface area (Å²) in [5.41, 5.74) is 12.0. The molecule has 3 rings (SSSR count). The van der Waals surface area contributed by atoms with Crippen LogP contribution in [0.2, 0.25) is 0 Å². The number of benzene rings is 2. The quantitative estimate of drug-likeness (QED) is 0.751. The van der Waals surface area contributed by atoms with Gasteiger partial charge in [-0.25, -0.2) is 0 Å². The average molecular weight is 280 g/mol. The number of amides is 1. The van der Waals surface area contributed by atoms with Gasteiger partial charge in [0.1, 0.15) is 11.1 Å². The molecular weight excluding hydrogens is 268 g/mol. The van der Waals surface area contributed by atoms with Gasteiger partial charge in [0.2, 0.25) is 11.3 Å².